The van der Waals surface area contributed by atoms with Gasteiger partial charge in [-0.2, -0.15) is 5.26 Å². The first-order valence-corrected chi connectivity index (χ1v) is 11.8. The number of aliphatic hydroxyl groups is 1. The number of nitrogens with zero attached hydrogens (tertiary/aromatic N) is 1. The Labute approximate surface area is 196 Å². The molecule has 5 N–H and O–H groups in total. The third-order valence-corrected chi connectivity index (χ3v) is 7.25. The summed E-state index contributed by atoms with van der Waals surface area (Å²) in [5, 5.41) is 20.7. The van der Waals surface area contributed by atoms with Crippen molar-refractivity contribution in [3.63, 3.8) is 0 Å². The summed E-state index contributed by atoms with van der Waals surface area (Å²) >= 11 is 7.78. The second-order valence-corrected chi connectivity index (χ2v) is 10.9. The summed E-state index contributed by atoms with van der Waals surface area (Å²) in [5.74, 6) is 1.11. The number of hydrogen-bond donors (Lipinski definition) is 3. The van der Waals surface area contributed by atoms with Crippen LogP contribution in [0.5, 0.6) is 0 Å². The second kappa shape index (κ2) is 10.2. The average molecular weight is 460 g/mol. The lowest BCUT2D eigenvalue weighted by Gasteiger charge is -2.35. The minimum Gasteiger partial charge on any atom is -0.400 e. The number of nitrogens with two attached hydrogens (primary N) is 2. The normalized spacial score (nSPS) is 20.3. The molecule has 0 aromatic heterocycles. The lowest BCUT2D eigenvalue weighted by molar-refractivity contribution is 0.0785. The van der Waals surface area contributed by atoms with E-state index in [1.54, 1.807) is 19.9 Å². The van der Waals surface area contributed by atoms with Crippen LogP contribution in [0.3, 0.4) is 0 Å². The van der Waals surface area contributed by atoms with E-state index in [4.69, 9.17) is 23.1 Å². The summed E-state index contributed by atoms with van der Waals surface area (Å²) < 4.78 is 0. The fraction of sp³-hybridized carbons (Fsp3) is 0.480. The third kappa shape index (κ3) is 6.32. The van der Waals surface area contributed by atoms with Gasteiger partial charge in [0.05, 0.1) is 21.7 Å². The van der Waals surface area contributed by atoms with Crippen molar-refractivity contribution in [2.45, 2.75) is 58.5 Å². The highest BCUT2D eigenvalue weighted by molar-refractivity contribution is 8.03. The van der Waals surface area contributed by atoms with Crippen LogP contribution < -0.4 is 11.5 Å². The predicted octanol–water partition coefficient (Wildman–Crippen LogP) is 6.07. The number of thioether (sulfide) groups is 1. The summed E-state index contributed by atoms with van der Waals surface area (Å²) in [4.78, 5) is 0.797. The van der Waals surface area contributed by atoms with E-state index in [1.807, 2.05) is 18.2 Å². The van der Waals surface area contributed by atoms with Crippen LogP contribution in [-0.2, 0) is 5.60 Å². The lowest BCUT2D eigenvalue weighted by Crippen LogP contribution is -2.28. The summed E-state index contributed by atoms with van der Waals surface area (Å²) in [6, 6.07) is 7.77. The molecule has 4 nitrogen and oxygen atoms in total. The van der Waals surface area contributed by atoms with Crippen molar-refractivity contribution in [1.29, 1.82) is 5.26 Å². The van der Waals surface area contributed by atoms with Gasteiger partial charge in [0.1, 0.15) is 0 Å². The number of rotatable bonds is 7. The van der Waals surface area contributed by atoms with E-state index in [2.05, 4.69) is 39.8 Å². The summed E-state index contributed by atoms with van der Waals surface area (Å²) in [6.45, 7) is 12.1. The molecule has 0 bridgehead atoms. The van der Waals surface area contributed by atoms with Gasteiger partial charge in [-0.1, -0.05) is 68.8 Å². The predicted molar refractivity (Wildman–Crippen MR) is 131 cm³/mol. The van der Waals surface area contributed by atoms with Gasteiger partial charge >= 0.3 is 0 Å². The fourth-order valence-corrected chi connectivity index (χ4v) is 4.98. The molecule has 1 aliphatic carbocycles. The zero-order chi connectivity index (χ0) is 23.5. The molecule has 0 fully saturated rings. The molecule has 2 rings (SSSR count). The van der Waals surface area contributed by atoms with Crippen molar-refractivity contribution in [2.75, 3.05) is 0 Å². The van der Waals surface area contributed by atoms with Crippen LogP contribution in [0.1, 0.15) is 53.5 Å². The van der Waals surface area contributed by atoms with E-state index in [9.17, 15) is 10.4 Å². The van der Waals surface area contributed by atoms with E-state index < -0.39 is 5.60 Å². The summed E-state index contributed by atoms with van der Waals surface area (Å²) in [6.07, 6.45) is 4.71. The monoisotopic (exact) mass is 459 g/mol. The molecule has 0 saturated heterocycles. The van der Waals surface area contributed by atoms with Crippen LogP contribution in [0.4, 0.5) is 0 Å². The second-order valence-electron chi connectivity index (χ2n) is 9.36. The largest absolute Gasteiger partial charge is 0.400 e. The molecular weight excluding hydrogens is 426 g/mol. The smallest absolute Gasteiger partial charge is 0.0988 e. The first kappa shape index (κ1) is 25.4. The van der Waals surface area contributed by atoms with Gasteiger partial charge in [-0.3, -0.25) is 0 Å². The van der Waals surface area contributed by atoms with Crippen LogP contribution in [0.25, 0.3) is 0 Å². The summed E-state index contributed by atoms with van der Waals surface area (Å²) in [5.41, 5.74) is 15.2. The van der Waals surface area contributed by atoms with E-state index >= 15 is 0 Å². The highest BCUT2D eigenvalue weighted by Gasteiger charge is 2.31. The molecule has 1 aliphatic rings. The molecule has 1 aromatic carbocycles. The molecule has 168 valence electrons. The van der Waals surface area contributed by atoms with Crippen molar-refractivity contribution in [3.05, 3.63) is 62.8 Å². The zero-order valence-corrected chi connectivity index (χ0v) is 20.8. The van der Waals surface area contributed by atoms with Crippen molar-refractivity contribution in [2.24, 2.45) is 35.1 Å². The molecule has 0 heterocycles. The van der Waals surface area contributed by atoms with Gasteiger partial charge in [0.25, 0.3) is 0 Å². The Bertz CT molecular complexity index is 948. The first-order chi connectivity index (χ1) is 14.3. The van der Waals surface area contributed by atoms with Gasteiger partial charge in [-0.25, -0.2) is 0 Å². The van der Waals surface area contributed by atoms with Crippen LogP contribution in [0.2, 0.25) is 5.02 Å². The van der Waals surface area contributed by atoms with E-state index in [0.717, 1.165) is 16.0 Å². The molecule has 2 atom stereocenters. The molecule has 2 unspecified atom stereocenters. The molecule has 0 saturated carbocycles. The number of benzene rings is 1. The topological polar surface area (TPSA) is 96.1 Å². The van der Waals surface area contributed by atoms with Gasteiger partial charge in [-0.05, 0) is 67.7 Å². The number of nitriles is 1. The van der Waals surface area contributed by atoms with Gasteiger partial charge in [-0.15, -0.1) is 0 Å². The Morgan fingerprint density at radius 3 is 2.39 bits per heavy atom. The highest BCUT2D eigenvalue weighted by atomic mass is 35.5. The maximum atomic E-state index is 10.2. The molecule has 1 aromatic rings. The van der Waals surface area contributed by atoms with Gasteiger partial charge < -0.3 is 16.6 Å². The number of allylic oxidation sites excluding steroid dienone is 5. The Hall–Kier alpha value is -1.87. The summed E-state index contributed by atoms with van der Waals surface area (Å²) in [7, 11) is 0. The maximum Gasteiger partial charge on any atom is 0.0988 e. The molecule has 6 heteroatoms. The Morgan fingerprint density at radius 2 is 1.90 bits per heavy atom. The SMILES string of the molecule is CC(C)C1=CC(C#N)=CC(C(C)C)C1C/C(N)=C(\N)Sc1ccc(C(C)(C)O)cc1Cl. The van der Waals surface area contributed by atoms with Crippen molar-refractivity contribution in [3.8, 4) is 6.07 Å². The standard InChI is InChI=1S/C25H34ClN3OS/c1-14(2)18-9-16(13-27)10-19(15(3)4)20(18)12-22(28)24(29)31-23-8-7-17(11-21(23)26)25(5,6)30/h7-11,14-15,18,20,30H,12,28-29H2,1-6H3/b24-22-. The van der Waals surface area contributed by atoms with Gasteiger partial charge in [0.15, 0.2) is 0 Å². The van der Waals surface area contributed by atoms with Crippen LogP contribution in [0, 0.1) is 35.0 Å². The average Bonchev–Trinajstić information content (AvgIpc) is 2.68. The van der Waals surface area contributed by atoms with Crippen LogP contribution >= 0.6 is 23.4 Å². The Kier molecular flexibility index (Phi) is 8.33. The molecule has 0 radical (unpaired) electrons. The Morgan fingerprint density at radius 1 is 1.26 bits per heavy atom. The van der Waals surface area contributed by atoms with Crippen molar-refractivity contribution >= 4 is 23.4 Å². The van der Waals surface area contributed by atoms with Crippen LogP contribution in [-0.4, -0.2) is 5.11 Å². The zero-order valence-electron chi connectivity index (χ0n) is 19.2. The first-order valence-electron chi connectivity index (χ1n) is 10.6. The maximum absolute atomic E-state index is 10.2. The fourth-order valence-electron chi connectivity index (χ4n) is 3.94. The van der Waals surface area contributed by atoms with E-state index in [0.29, 0.717) is 34.0 Å². The van der Waals surface area contributed by atoms with Gasteiger partial charge in [0.2, 0.25) is 0 Å². The molecular formula is C25H34ClN3OS. The van der Waals surface area contributed by atoms with Crippen molar-refractivity contribution < 1.29 is 5.11 Å². The molecule has 0 spiro atoms. The van der Waals surface area contributed by atoms with E-state index in [1.165, 1.54) is 17.3 Å². The van der Waals surface area contributed by atoms with Gasteiger partial charge in [0, 0.05) is 16.2 Å². The minimum absolute atomic E-state index is 0.198. The number of halogens is 1. The van der Waals surface area contributed by atoms with Crippen LogP contribution in [0.15, 0.2) is 57.1 Å². The Balaban J connectivity index is 2.30. The molecule has 0 amide bonds. The highest BCUT2D eigenvalue weighted by Crippen LogP contribution is 2.42. The number of hydrogen-bond acceptors (Lipinski definition) is 5. The van der Waals surface area contributed by atoms with Crippen molar-refractivity contribution in [1.82, 2.24) is 0 Å². The lowest BCUT2D eigenvalue weighted by atomic mass is 9.70. The minimum atomic E-state index is -0.963. The third-order valence-electron chi connectivity index (χ3n) is 5.77. The molecule has 31 heavy (non-hydrogen) atoms. The molecule has 0 aliphatic heterocycles. The van der Waals surface area contributed by atoms with E-state index in [-0.39, 0.29) is 11.8 Å². The quantitative estimate of drug-likeness (QED) is 0.430.